The van der Waals surface area contributed by atoms with Crippen molar-refractivity contribution in [2.75, 3.05) is 24.5 Å². The highest BCUT2D eigenvalue weighted by molar-refractivity contribution is 5.45. The molecule has 0 unspecified atom stereocenters. The van der Waals surface area contributed by atoms with Crippen LogP contribution in [0.2, 0.25) is 0 Å². The highest BCUT2D eigenvalue weighted by Crippen LogP contribution is 2.32. The molecule has 2 heterocycles. The fourth-order valence-electron chi connectivity index (χ4n) is 2.63. The summed E-state index contributed by atoms with van der Waals surface area (Å²) in [6, 6.07) is 13.7. The zero-order valence-electron chi connectivity index (χ0n) is 14.8. The Hall–Kier alpha value is -3.55. The van der Waals surface area contributed by atoms with Gasteiger partial charge in [0.1, 0.15) is 5.75 Å². The second-order valence-electron chi connectivity index (χ2n) is 5.91. The van der Waals surface area contributed by atoms with Crippen LogP contribution in [0.5, 0.6) is 17.2 Å². The summed E-state index contributed by atoms with van der Waals surface area (Å²) in [6.45, 7) is 1.45. The third-order valence-corrected chi connectivity index (χ3v) is 4.08. The number of nitrogens with zero attached hydrogens (tertiary/aromatic N) is 3. The summed E-state index contributed by atoms with van der Waals surface area (Å²) >= 11 is 0. The van der Waals surface area contributed by atoms with E-state index in [4.69, 9.17) is 14.2 Å². The minimum Gasteiger partial charge on any atom is -0.497 e. The highest BCUT2D eigenvalue weighted by atomic mass is 16.7. The van der Waals surface area contributed by atoms with Gasteiger partial charge in [-0.2, -0.15) is 10.1 Å². The van der Waals surface area contributed by atoms with Crippen LogP contribution >= 0.6 is 0 Å². The van der Waals surface area contributed by atoms with Crippen molar-refractivity contribution in [1.82, 2.24) is 15.2 Å². The maximum absolute atomic E-state index is 5.39. The van der Waals surface area contributed by atoms with Crippen LogP contribution in [0.15, 0.2) is 48.7 Å². The van der Waals surface area contributed by atoms with Crippen LogP contribution in [0.25, 0.3) is 0 Å². The summed E-state index contributed by atoms with van der Waals surface area (Å²) in [4.78, 5) is 4.43. The van der Waals surface area contributed by atoms with E-state index in [2.05, 4.69) is 25.8 Å². The van der Waals surface area contributed by atoms with E-state index in [-0.39, 0.29) is 6.79 Å². The van der Waals surface area contributed by atoms with Crippen LogP contribution in [-0.4, -0.2) is 29.1 Å². The Bertz CT molecular complexity index is 917. The van der Waals surface area contributed by atoms with Crippen LogP contribution in [-0.2, 0) is 13.1 Å². The van der Waals surface area contributed by atoms with Gasteiger partial charge in [0.2, 0.25) is 12.7 Å². The summed E-state index contributed by atoms with van der Waals surface area (Å²) < 4.78 is 15.9. The van der Waals surface area contributed by atoms with Gasteiger partial charge in [-0.05, 0) is 35.4 Å². The third-order valence-electron chi connectivity index (χ3n) is 4.08. The maximum Gasteiger partial charge on any atom is 0.244 e. The summed E-state index contributed by atoms with van der Waals surface area (Å²) in [6.07, 6.45) is 1.59. The van der Waals surface area contributed by atoms with Gasteiger partial charge < -0.3 is 24.8 Å². The fourth-order valence-corrected chi connectivity index (χ4v) is 2.63. The largest absolute Gasteiger partial charge is 0.497 e. The van der Waals surface area contributed by atoms with E-state index in [1.54, 1.807) is 13.3 Å². The Labute approximate surface area is 156 Å². The van der Waals surface area contributed by atoms with Crippen LogP contribution in [0, 0.1) is 0 Å². The maximum atomic E-state index is 5.39. The number of fused-ring (bicyclic) bond motifs is 1. The molecule has 1 aromatic heterocycles. The Balaban J connectivity index is 1.34. The molecule has 138 valence electrons. The van der Waals surface area contributed by atoms with Crippen molar-refractivity contribution in [3.05, 3.63) is 59.8 Å². The normalized spacial score (nSPS) is 11.9. The Morgan fingerprint density at radius 1 is 0.963 bits per heavy atom. The van der Waals surface area contributed by atoms with Crippen molar-refractivity contribution in [2.45, 2.75) is 13.1 Å². The lowest BCUT2D eigenvalue weighted by molar-refractivity contribution is 0.174. The van der Waals surface area contributed by atoms with Crippen molar-refractivity contribution in [1.29, 1.82) is 0 Å². The molecule has 0 spiro atoms. The van der Waals surface area contributed by atoms with E-state index in [0.29, 0.717) is 24.9 Å². The molecule has 2 aromatic carbocycles. The first-order valence-electron chi connectivity index (χ1n) is 8.49. The molecule has 0 radical (unpaired) electrons. The Morgan fingerprint density at radius 3 is 2.59 bits per heavy atom. The molecule has 3 aromatic rings. The molecule has 8 heteroatoms. The van der Waals surface area contributed by atoms with Gasteiger partial charge in [-0.1, -0.05) is 18.2 Å². The van der Waals surface area contributed by atoms with Gasteiger partial charge in [-0.3, -0.25) is 0 Å². The Morgan fingerprint density at radius 2 is 1.74 bits per heavy atom. The van der Waals surface area contributed by atoms with Crippen molar-refractivity contribution >= 4 is 11.8 Å². The number of nitrogens with one attached hydrogen (secondary N) is 2. The SMILES string of the molecule is COc1ccc(CNc2cnnc(NCc3ccc4c(c3)OCO4)n2)cc1. The fraction of sp³-hybridized carbons (Fsp3) is 0.211. The number of anilines is 2. The minimum atomic E-state index is 0.265. The number of aromatic nitrogens is 3. The number of methoxy groups -OCH3 is 1. The molecule has 0 bridgehead atoms. The number of hydrogen-bond donors (Lipinski definition) is 2. The number of benzene rings is 2. The lowest BCUT2D eigenvalue weighted by Crippen LogP contribution is -2.08. The molecule has 0 aliphatic carbocycles. The standard InChI is InChI=1S/C19H19N5O3/c1-25-15-5-2-13(3-6-15)9-20-18-11-22-24-19(23-18)21-10-14-4-7-16-17(8-14)27-12-26-16/h2-8,11H,9-10,12H2,1H3,(H2,20,21,23,24). The van der Waals surface area contributed by atoms with Gasteiger partial charge in [0.15, 0.2) is 17.3 Å². The molecule has 0 atom stereocenters. The summed E-state index contributed by atoms with van der Waals surface area (Å²) in [5.41, 5.74) is 2.16. The quantitative estimate of drug-likeness (QED) is 0.661. The second-order valence-corrected chi connectivity index (χ2v) is 5.91. The smallest absolute Gasteiger partial charge is 0.244 e. The molecule has 0 fully saturated rings. The molecule has 27 heavy (non-hydrogen) atoms. The minimum absolute atomic E-state index is 0.265. The van der Waals surface area contributed by atoms with Gasteiger partial charge in [-0.25, -0.2) is 0 Å². The average molecular weight is 365 g/mol. The lowest BCUT2D eigenvalue weighted by Gasteiger charge is -2.09. The topological polar surface area (TPSA) is 90.4 Å². The summed E-state index contributed by atoms with van der Waals surface area (Å²) in [5.74, 6) is 3.45. The first-order chi connectivity index (χ1) is 13.3. The molecule has 0 amide bonds. The monoisotopic (exact) mass is 365 g/mol. The zero-order valence-corrected chi connectivity index (χ0v) is 14.8. The molecular weight excluding hydrogens is 346 g/mol. The predicted molar refractivity (Wildman–Crippen MR) is 100 cm³/mol. The predicted octanol–water partition coefficient (Wildman–Crippen LogP) is 2.83. The van der Waals surface area contributed by atoms with Gasteiger partial charge in [0.05, 0.1) is 13.3 Å². The molecule has 8 nitrogen and oxygen atoms in total. The van der Waals surface area contributed by atoms with Crippen LogP contribution in [0.3, 0.4) is 0 Å². The van der Waals surface area contributed by atoms with Gasteiger partial charge in [0.25, 0.3) is 0 Å². The van der Waals surface area contributed by atoms with Gasteiger partial charge >= 0.3 is 0 Å². The first-order valence-corrected chi connectivity index (χ1v) is 8.49. The molecule has 0 saturated heterocycles. The zero-order chi connectivity index (χ0) is 18.5. The summed E-state index contributed by atoms with van der Waals surface area (Å²) in [7, 11) is 1.65. The molecule has 2 N–H and O–H groups in total. The second kappa shape index (κ2) is 7.77. The molecule has 1 aliphatic rings. The molecule has 0 saturated carbocycles. The van der Waals surface area contributed by atoms with Crippen molar-refractivity contribution < 1.29 is 14.2 Å². The van der Waals surface area contributed by atoms with E-state index in [9.17, 15) is 0 Å². The van der Waals surface area contributed by atoms with Gasteiger partial charge in [0, 0.05) is 13.1 Å². The lowest BCUT2D eigenvalue weighted by atomic mass is 10.2. The number of ether oxygens (including phenoxy) is 3. The number of hydrogen-bond acceptors (Lipinski definition) is 8. The molecular formula is C19H19N5O3. The van der Waals surface area contributed by atoms with Crippen LogP contribution < -0.4 is 24.8 Å². The third kappa shape index (κ3) is 4.17. The molecule has 4 rings (SSSR count). The van der Waals surface area contributed by atoms with E-state index in [0.717, 1.165) is 28.4 Å². The average Bonchev–Trinajstić information content (AvgIpc) is 3.19. The summed E-state index contributed by atoms with van der Waals surface area (Å²) in [5, 5.41) is 14.4. The molecule has 1 aliphatic heterocycles. The first kappa shape index (κ1) is 16.9. The van der Waals surface area contributed by atoms with E-state index >= 15 is 0 Å². The van der Waals surface area contributed by atoms with Crippen molar-refractivity contribution in [3.8, 4) is 17.2 Å². The highest BCUT2D eigenvalue weighted by Gasteiger charge is 2.13. The number of rotatable bonds is 7. The Kier molecular flexibility index (Phi) is 4.86. The van der Waals surface area contributed by atoms with E-state index < -0.39 is 0 Å². The van der Waals surface area contributed by atoms with Crippen LogP contribution in [0.1, 0.15) is 11.1 Å². The van der Waals surface area contributed by atoms with Crippen molar-refractivity contribution in [2.24, 2.45) is 0 Å². The van der Waals surface area contributed by atoms with E-state index in [1.165, 1.54) is 0 Å². The van der Waals surface area contributed by atoms with Crippen LogP contribution in [0.4, 0.5) is 11.8 Å². The van der Waals surface area contributed by atoms with E-state index in [1.807, 2.05) is 42.5 Å². The van der Waals surface area contributed by atoms with Crippen molar-refractivity contribution in [3.63, 3.8) is 0 Å². The van der Waals surface area contributed by atoms with Gasteiger partial charge in [-0.15, -0.1) is 5.10 Å².